The van der Waals surface area contributed by atoms with Gasteiger partial charge in [-0.05, 0) is 25.7 Å². The summed E-state index contributed by atoms with van der Waals surface area (Å²) in [6.45, 7) is 2.01. The molecule has 3 unspecified atom stereocenters. The van der Waals surface area contributed by atoms with Crippen molar-refractivity contribution in [2.75, 3.05) is 0 Å². The zero-order valence-electron chi connectivity index (χ0n) is 16.2. The molecule has 152 valence electrons. The summed E-state index contributed by atoms with van der Waals surface area (Å²) < 4.78 is 0. The van der Waals surface area contributed by atoms with Crippen molar-refractivity contribution in [3.63, 3.8) is 0 Å². The van der Waals surface area contributed by atoms with Crippen molar-refractivity contribution in [1.29, 1.82) is 0 Å². The number of hydrogen-bond donors (Lipinski definition) is 4. The van der Waals surface area contributed by atoms with Crippen LogP contribution in [0.2, 0.25) is 0 Å². The highest BCUT2D eigenvalue weighted by molar-refractivity contribution is 5.66. The Labute approximate surface area is 162 Å². The van der Waals surface area contributed by atoms with Gasteiger partial charge in [0.05, 0.1) is 18.3 Å². The highest BCUT2D eigenvalue weighted by Crippen LogP contribution is 2.07. The van der Waals surface area contributed by atoms with Crippen LogP contribution in [0.15, 0.2) is 60.8 Å². The molecule has 0 spiro atoms. The van der Waals surface area contributed by atoms with Crippen LogP contribution in [0.25, 0.3) is 0 Å². The van der Waals surface area contributed by atoms with Gasteiger partial charge in [-0.15, -0.1) is 0 Å². The summed E-state index contributed by atoms with van der Waals surface area (Å²) in [5, 5.41) is 37.8. The zero-order chi connectivity index (χ0) is 20.3. The number of allylic oxidation sites excluding steroid dienone is 7. The molecule has 0 saturated heterocycles. The molecule has 0 radical (unpaired) electrons. The number of hydrogen-bond acceptors (Lipinski definition) is 4. The summed E-state index contributed by atoms with van der Waals surface area (Å²) >= 11 is 0. The molecule has 0 aliphatic heterocycles. The van der Waals surface area contributed by atoms with Crippen LogP contribution in [-0.4, -0.2) is 44.7 Å². The van der Waals surface area contributed by atoms with Gasteiger partial charge in [-0.2, -0.15) is 0 Å². The van der Waals surface area contributed by atoms with E-state index in [0.717, 1.165) is 19.3 Å². The fourth-order valence-electron chi connectivity index (χ4n) is 2.20. The lowest BCUT2D eigenvalue weighted by Crippen LogP contribution is -2.22. The lowest BCUT2D eigenvalue weighted by atomic mass is 10.1. The normalized spacial score (nSPS) is 16.3. The molecule has 0 aliphatic carbocycles. The lowest BCUT2D eigenvalue weighted by molar-refractivity contribution is -0.137. The third-order valence-electron chi connectivity index (χ3n) is 3.76. The summed E-state index contributed by atoms with van der Waals surface area (Å²) in [5.41, 5.74) is 0. The fourth-order valence-corrected chi connectivity index (χ4v) is 2.20. The standard InChI is InChI=1S/C22H34O5/c1-2-3-9-16-20(24)21(25)17-12-7-5-4-6-10-14-19(23)15-11-8-13-18-22(26)27/h3-7,9-10,12,14,17,19-21,23-25H,2,8,11,13,15-16,18H2,1H3,(H,26,27)/b6-4-,7-5-,9-3-,14-10+,17-12+. The monoisotopic (exact) mass is 378 g/mol. The van der Waals surface area contributed by atoms with Crippen LogP contribution >= 0.6 is 0 Å². The molecule has 0 aromatic rings. The number of carbonyl (C=O) groups is 1. The molecule has 4 N–H and O–H groups in total. The van der Waals surface area contributed by atoms with Gasteiger partial charge >= 0.3 is 5.97 Å². The summed E-state index contributed by atoms with van der Waals surface area (Å²) in [6.07, 6.45) is 19.8. The van der Waals surface area contributed by atoms with E-state index in [-0.39, 0.29) is 6.42 Å². The third kappa shape index (κ3) is 17.2. The van der Waals surface area contributed by atoms with E-state index in [9.17, 15) is 20.1 Å². The van der Waals surface area contributed by atoms with E-state index in [2.05, 4.69) is 0 Å². The molecule has 0 fully saturated rings. The van der Waals surface area contributed by atoms with Crippen LogP contribution in [0.1, 0.15) is 51.9 Å². The van der Waals surface area contributed by atoms with Crippen LogP contribution in [0.3, 0.4) is 0 Å². The Balaban J connectivity index is 3.94. The Hall–Kier alpha value is -1.95. The highest BCUT2D eigenvalue weighted by Gasteiger charge is 2.10. The Morgan fingerprint density at radius 3 is 2.11 bits per heavy atom. The Morgan fingerprint density at radius 1 is 0.852 bits per heavy atom. The molecule has 0 aromatic carbocycles. The largest absolute Gasteiger partial charge is 0.481 e. The average molecular weight is 379 g/mol. The van der Waals surface area contributed by atoms with E-state index in [1.54, 1.807) is 48.6 Å². The number of rotatable bonds is 15. The Bertz CT molecular complexity index is 517. The second-order valence-electron chi connectivity index (χ2n) is 6.27. The topological polar surface area (TPSA) is 98.0 Å². The van der Waals surface area contributed by atoms with E-state index in [0.29, 0.717) is 19.3 Å². The quantitative estimate of drug-likeness (QED) is 0.198. The van der Waals surface area contributed by atoms with Gasteiger partial charge < -0.3 is 20.4 Å². The molecule has 0 aliphatic rings. The van der Waals surface area contributed by atoms with Crippen molar-refractivity contribution in [2.24, 2.45) is 0 Å². The predicted molar refractivity (Wildman–Crippen MR) is 109 cm³/mol. The van der Waals surface area contributed by atoms with Gasteiger partial charge in [-0.25, -0.2) is 0 Å². The first-order valence-corrected chi connectivity index (χ1v) is 9.56. The van der Waals surface area contributed by atoms with Crippen molar-refractivity contribution < 1.29 is 25.2 Å². The number of aliphatic hydroxyl groups excluding tert-OH is 3. The Kier molecular flexibility index (Phi) is 16.2. The second kappa shape index (κ2) is 17.5. The van der Waals surface area contributed by atoms with E-state index >= 15 is 0 Å². The average Bonchev–Trinajstić information content (AvgIpc) is 2.63. The highest BCUT2D eigenvalue weighted by atomic mass is 16.4. The lowest BCUT2D eigenvalue weighted by Gasteiger charge is -2.11. The number of carboxylic acids is 1. The van der Waals surface area contributed by atoms with Crippen LogP contribution in [0.4, 0.5) is 0 Å². The summed E-state index contributed by atoms with van der Waals surface area (Å²) in [5.74, 6) is -0.779. The third-order valence-corrected chi connectivity index (χ3v) is 3.76. The molecular weight excluding hydrogens is 344 g/mol. The maximum absolute atomic E-state index is 10.4. The molecular formula is C22H34O5. The van der Waals surface area contributed by atoms with Gasteiger partial charge in [-0.3, -0.25) is 4.79 Å². The van der Waals surface area contributed by atoms with E-state index < -0.39 is 24.3 Å². The molecule has 0 bridgehead atoms. The minimum absolute atomic E-state index is 0.182. The van der Waals surface area contributed by atoms with Gasteiger partial charge in [0.1, 0.15) is 0 Å². The second-order valence-corrected chi connectivity index (χ2v) is 6.27. The smallest absolute Gasteiger partial charge is 0.303 e. The fraction of sp³-hybridized carbons (Fsp3) is 0.500. The SMILES string of the molecule is CC/C=C\CC(O)C(O)/C=C/C=C\C=C/C=C/C(O)CCCCCC(=O)O. The molecule has 5 heteroatoms. The van der Waals surface area contributed by atoms with Gasteiger partial charge in [0.2, 0.25) is 0 Å². The Morgan fingerprint density at radius 2 is 1.48 bits per heavy atom. The maximum Gasteiger partial charge on any atom is 0.303 e. The molecule has 0 rings (SSSR count). The van der Waals surface area contributed by atoms with Crippen LogP contribution in [0.5, 0.6) is 0 Å². The molecule has 27 heavy (non-hydrogen) atoms. The van der Waals surface area contributed by atoms with Crippen LogP contribution in [0, 0.1) is 0 Å². The van der Waals surface area contributed by atoms with Crippen molar-refractivity contribution in [2.45, 2.75) is 70.2 Å². The van der Waals surface area contributed by atoms with E-state index in [1.807, 2.05) is 19.1 Å². The van der Waals surface area contributed by atoms with Crippen LogP contribution in [-0.2, 0) is 4.79 Å². The maximum atomic E-state index is 10.4. The minimum Gasteiger partial charge on any atom is -0.481 e. The molecule has 0 aromatic heterocycles. The molecule has 0 heterocycles. The van der Waals surface area contributed by atoms with Crippen LogP contribution < -0.4 is 0 Å². The zero-order valence-corrected chi connectivity index (χ0v) is 16.2. The molecule has 0 saturated carbocycles. The van der Waals surface area contributed by atoms with Gasteiger partial charge in [0.15, 0.2) is 0 Å². The van der Waals surface area contributed by atoms with E-state index in [4.69, 9.17) is 5.11 Å². The predicted octanol–water partition coefficient (Wildman–Crippen LogP) is 3.69. The number of aliphatic hydroxyl groups is 3. The van der Waals surface area contributed by atoms with Crippen molar-refractivity contribution in [3.8, 4) is 0 Å². The molecule has 0 amide bonds. The van der Waals surface area contributed by atoms with Gasteiger partial charge in [0, 0.05) is 6.42 Å². The number of aliphatic carboxylic acids is 1. The van der Waals surface area contributed by atoms with Crippen molar-refractivity contribution in [3.05, 3.63) is 60.8 Å². The first-order valence-electron chi connectivity index (χ1n) is 9.56. The molecule has 5 nitrogen and oxygen atoms in total. The van der Waals surface area contributed by atoms with Gasteiger partial charge in [0.25, 0.3) is 0 Å². The summed E-state index contributed by atoms with van der Waals surface area (Å²) in [4.78, 5) is 10.4. The van der Waals surface area contributed by atoms with Crippen molar-refractivity contribution >= 4 is 5.97 Å². The first-order chi connectivity index (χ1) is 13.0. The summed E-state index contributed by atoms with van der Waals surface area (Å²) in [7, 11) is 0. The molecule has 3 atom stereocenters. The minimum atomic E-state index is -0.898. The number of carboxylic acid groups (broad SMARTS) is 1. The van der Waals surface area contributed by atoms with Crippen molar-refractivity contribution in [1.82, 2.24) is 0 Å². The summed E-state index contributed by atoms with van der Waals surface area (Å²) in [6, 6.07) is 0. The van der Waals surface area contributed by atoms with Gasteiger partial charge in [-0.1, -0.05) is 80.5 Å². The number of unbranched alkanes of at least 4 members (excludes halogenated alkanes) is 2. The first kappa shape index (κ1) is 25.1. The van der Waals surface area contributed by atoms with E-state index in [1.165, 1.54) is 0 Å².